The van der Waals surface area contributed by atoms with Gasteiger partial charge in [-0.1, -0.05) is 18.2 Å². The van der Waals surface area contributed by atoms with Crippen molar-refractivity contribution in [3.63, 3.8) is 0 Å². The van der Waals surface area contributed by atoms with E-state index in [0.717, 1.165) is 59.6 Å². The number of ether oxygens (including phenoxy) is 2. The highest BCUT2D eigenvalue weighted by atomic mass is 16.5. The maximum Gasteiger partial charge on any atom is 0.338 e. The van der Waals surface area contributed by atoms with Gasteiger partial charge in [0.25, 0.3) is 0 Å². The molecule has 3 atom stereocenters. The molecule has 0 amide bonds. The van der Waals surface area contributed by atoms with Gasteiger partial charge in [0.2, 0.25) is 0 Å². The molecule has 3 aromatic heterocycles. The second-order valence-electron chi connectivity index (χ2n) is 10.9. The molecule has 1 fully saturated rings. The molecule has 8 heteroatoms. The summed E-state index contributed by atoms with van der Waals surface area (Å²) in [5, 5.41) is 1.18. The summed E-state index contributed by atoms with van der Waals surface area (Å²) < 4.78 is 11.6. The number of pyridine rings is 1. The molecule has 214 valence electrons. The molecule has 2 aromatic carbocycles. The monoisotopic (exact) mass is 561 g/mol. The van der Waals surface area contributed by atoms with Gasteiger partial charge in [0.1, 0.15) is 11.9 Å². The van der Waals surface area contributed by atoms with Gasteiger partial charge in [-0.15, -0.1) is 0 Å². The zero-order valence-electron chi connectivity index (χ0n) is 24.2. The number of nitrogens with one attached hydrogen (secondary N) is 1. The van der Waals surface area contributed by atoms with Crippen LogP contribution in [0, 0.1) is 6.92 Å². The van der Waals surface area contributed by atoms with Gasteiger partial charge in [-0.25, -0.2) is 4.79 Å². The highest BCUT2D eigenvalue weighted by Crippen LogP contribution is 2.41. The zero-order chi connectivity index (χ0) is 29.1. The lowest BCUT2D eigenvalue weighted by Crippen LogP contribution is -2.36. The first-order valence-electron chi connectivity index (χ1n) is 14.4. The van der Waals surface area contributed by atoms with E-state index in [2.05, 4.69) is 56.0 Å². The number of carbonyl (C=O) groups is 1. The molecule has 1 N–H and O–H groups in total. The van der Waals surface area contributed by atoms with Crippen LogP contribution in [-0.2, 0) is 11.3 Å². The third-order valence-electron chi connectivity index (χ3n) is 8.38. The molecule has 1 aliphatic heterocycles. The van der Waals surface area contributed by atoms with Crippen molar-refractivity contribution in [2.45, 2.75) is 51.3 Å². The summed E-state index contributed by atoms with van der Waals surface area (Å²) in [7, 11) is 1.74. The fourth-order valence-corrected chi connectivity index (χ4v) is 6.08. The maximum atomic E-state index is 13.0. The van der Waals surface area contributed by atoms with Crippen molar-refractivity contribution in [3.05, 3.63) is 119 Å². The minimum absolute atomic E-state index is 0.116. The first kappa shape index (κ1) is 27.6. The Bertz CT molecular complexity index is 1650. The van der Waals surface area contributed by atoms with Gasteiger partial charge in [0, 0.05) is 77.7 Å². The van der Waals surface area contributed by atoms with Crippen LogP contribution < -0.4 is 4.74 Å². The number of benzene rings is 2. The molecule has 4 heterocycles. The van der Waals surface area contributed by atoms with E-state index in [0.29, 0.717) is 5.56 Å². The van der Waals surface area contributed by atoms with Crippen LogP contribution in [0.5, 0.6) is 5.75 Å². The van der Waals surface area contributed by atoms with Crippen LogP contribution in [0.25, 0.3) is 10.9 Å². The fourth-order valence-electron chi connectivity index (χ4n) is 6.08. The van der Waals surface area contributed by atoms with Gasteiger partial charge in [0.15, 0.2) is 0 Å². The molecular weight excluding hydrogens is 526 g/mol. The average molecular weight is 562 g/mol. The van der Waals surface area contributed by atoms with Crippen molar-refractivity contribution in [2.75, 3.05) is 13.7 Å². The number of piperidine rings is 1. The number of fused-ring (bicyclic) bond motifs is 1. The van der Waals surface area contributed by atoms with Crippen LogP contribution in [0.1, 0.15) is 76.1 Å². The summed E-state index contributed by atoms with van der Waals surface area (Å²) >= 11 is 0. The molecule has 5 aromatic rings. The number of aromatic nitrogens is 4. The molecule has 1 saturated heterocycles. The van der Waals surface area contributed by atoms with Crippen molar-refractivity contribution in [2.24, 2.45) is 0 Å². The van der Waals surface area contributed by atoms with Crippen LogP contribution in [0.3, 0.4) is 0 Å². The van der Waals surface area contributed by atoms with E-state index in [1.165, 1.54) is 10.9 Å². The van der Waals surface area contributed by atoms with Gasteiger partial charge in [-0.05, 0) is 74.7 Å². The minimum atomic E-state index is -0.387. The molecule has 0 bridgehead atoms. The number of H-pyrrole nitrogens is 1. The second-order valence-corrected chi connectivity index (χ2v) is 10.9. The Balaban J connectivity index is 1.28. The Hall–Kier alpha value is -4.56. The second kappa shape index (κ2) is 12.1. The topological polar surface area (TPSA) is 93.2 Å². The molecule has 1 aliphatic rings. The maximum absolute atomic E-state index is 13.0. The Morgan fingerprint density at radius 1 is 1.10 bits per heavy atom. The predicted octanol–water partition coefficient (Wildman–Crippen LogP) is 6.71. The van der Waals surface area contributed by atoms with Gasteiger partial charge >= 0.3 is 5.97 Å². The van der Waals surface area contributed by atoms with E-state index in [4.69, 9.17) is 9.47 Å². The molecule has 0 saturated carbocycles. The van der Waals surface area contributed by atoms with Crippen molar-refractivity contribution in [1.82, 2.24) is 24.8 Å². The number of likely N-dealkylation sites (tertiary alicyclic amines) is 1. The predicted molar refractivity (Wildman–Crippen MR) is 161 cm³/mol. The van der Waals surface area contributed by atoms with Crippen molar-refractivity contribution < 1.29 is 14.3 Å². The number of carbonyl (C=O) groups excluding carboxylic acids is 1. The Morgan fingerprint density at radius 3 is 2.67 bits per heavy atom. The number of aromatic amines is 1. The van der Waals surface area contributed by atoms with Crippen molar-refractivity contribution >= 4 is 16.9 Å². The summed E-state index contributed by atoms with van der Waals surface area (Å²) in [5.74, 6) is 0.836. The van der Waals surface area contributed by atoms with Gasteiger partial charge in [-0.2, -0.15) is 0 Å². The standard InChI is InChI=1S/C34H35N5O3/c1-22-17-32(41-3)29(28-10-13-38-33(22)28)21-39-16-11-26(30-20-36-14-15-37-30)18-31(39)24-6-8-25(9-7-24)34(40)42-23(2)27-5-4-12-35-19-27/h4-10,12-15,17,19-20,23,26,31,38H,11,16,18,21H2,1-3H3/t23?,26-,31-/m0/s1. The summed E-state index contributed by atoms with van der Waals surface area (Å²) in [6, 6.07) is 16.0. The molecular formula is C34H35N5O3. The van der Waals surface area contributed by atoms with E-state index in [1.54, 1.807) is 31.9 Å². The van der Waals surface area contributed by atoms with Crippen LogP contribution in [0.4, 0.5) is 0 Å². The Morgan fingerprint density at radius 2 is 1.93 bits per heavy atom. The number of aryl methyl sites for hydroxylation is 1. The third kappa shape index (κ3) is 5.63. The van der Waals surface area contributed by atoms with Gasteiger partial charge in [-0.3, -0.25) is 19.9 Å². The van der Waals surface area contributed by atoms with E-state index >= 15 is 0 Å². The first-order chi connectivity index (χ1) is 20.5. The van der Waals surface area contributed by atoms with Gasteiger partial charge < -0.3 is 14.5 Å². The molecule has 0 spiro atoms. The van der Waals surface area contributed by atoms with Crippen LogP contribution in [-0.4, -0.2) is 44.5 Å². The van der Waals surface area contributed by atoms with Gasteiger partial charge in [0.05, 0.1) is 18.4 Å². The normalized spacial score (nSPS) is 18.1. The summed E-state index contributed by atoms with van der Waals surface area (Å²) in [5.41, 5.74) is 7.03. The van der Waals surface area contributed by atoms with Crippen LogP contribution in [0.2, 0.25) is 0 Å². The lowest BCUT2D eigenvalue weighted by atomic mass is 9.84. The molecule has 6 rings (SSSR count). The third-order valence-corrected chi connectivity index (χ3v) is 8.38. The Labute approximate surface area is 245 Å². The van der Waals surface area contributed by atoms with E-state index in [1.807, 2.05) is 43.6 Å². The van der Waals surface area contributed by atoms with Crippen molar-refractivity contribution in [3.8, 4) is 5.75 Å². The number of methoxy groups -OCH3 is 1. The number of hydrogen-bond donors (Lipinski definition) is 1. The average Bonchev–Trinajstić information content (AvgIpc) is 3.54. The van der Waals surface area contributed by atoms with E-state index in [-0.39, 0.29) is 24.0 Å². The quantitative estimate of drug-likeness (QED) is 0.211. The van der Waals surface area contributed by atoms with Crippen LogP contribution >= 0.6 is 0 Å². The molecule has 42 heavy (non-hydrogen) atoms. The highest BCUT2D eigenvalue weighted by molar-refractivity contribution is 5.89. The zero-order valence-corrected chi connectivity index (χ0v) is 24.2. The van der Waals surface area contributed by atoms with E-state index in [9.17, 15) is 4.79 Å². The smallest absolute Gasteiger partial charge is 0.338 e. The molecule has 0 aliphatic carbocycles. The SMILES string of the molecule is COc1cc(C)c2[nH]ccc2c1CN1CC[C@H](c2cnccn2)C[C@H]1c1ccc(C(=O)OC(C)c2cccnc2)cc1. The number of hydrogen-bond acceptors (Lipinski definition) is 7. The van der Waals surface area contributed by atoms with Crippen LogP contribution in [0.15, 0.2) is 85.7 Å². The summed E-state index contributed by atoms with van der Waals surface area (Å²) in [6.45, 7) is 5.59. The number of esters is 1. The van der Waals surface area contributed by atoms with E-state index < -0.39 is 0 Å². The number of rotatable bonds is 8. The Kier molecular flexibility index (Phi) is 7.97. The fraction of sp³-hybridized carbons (Fsp3) is 0.294. The number of nitrogens with zero attached hydrogens (tertiary/aromatic N) is 4. The lowest BCUT2D eigenvalue weighted by Gasteiger charge is -2.40. The summed E-state index contributed by atoms with van der Waals surface area (Å²) in [6.07, 6.45) is 12.3. The molecule has 1 unspecified atom stereocenters. The molecule has 0 radical (unpaired) electrons. The largest absolute Gasteiger partial charge is 0.496 e. The molecule has 8 nitrogen and oxygen atoms in total. The van der Waals surface area contributed by atoms with Crippen molar-refractivity contribution in [1.29, 1.82) is 0 Å². The first-order valence-corrected chi connectivity index (χ1v) is 14.4. The lowest BCUT2D eigenvalue weighted by molar-refractivity contribution is 0.0337. The highest BCUT2D eigenvalue weighted by Gasteiger charge is 2.32. The summed E-state index contributed by atoms with van der Waals surface area (Å²) in [4.78, 5) is 32.0. The minimum Gasteiger partial charge on any atom is -0.496 e.